The van der Waals surface area contributed by atoms with Gasteiger partial charge in [-0.2, -0.15) is 0 Å². The minimum Gasteiger partial charge on any atom is -0.484 e. The maximum absolute atomic E-state index is 12.7. The number of esters is 1. The standard InChI is InChI=1S/C25H26N2O4S/c1-2-30-25(29)23-20-13-14-27(15-18-9-5-3-6-10-18)16-21(20)32-24(23)26-22(28)17-31-19-11-7-4-8-12-19/h3-12H,2,13-17H2,1H3,(H,26,28). The summed E-state index contributed by atoms with van der Waals surface area (Å²) < 4.78 is 10.8. The van der Waals surface area contributed by atoms with Gasteiger partial charge in [-0.25, -0.2) is 4.79 Å². The summed E-state index contributed by atoms with van der Waals surface area (Å²) in [6.07, 6.45) is 0.739. The fourth-order valence-corrected chi connectivity index (χ4v) is 5.06. The SMILES string of the molecule is CCOC(=O)c1c(NC(=O)COc2ccccc2)sc2c1CCN(Cc1ccccc1)C2. The van der Waals surface area contributed by atoms with Crippen LogP contribution in [0.25, 0.3) is 0 Å². The number of hydrogen-bond acceptors (Lipinski definition) is 6. The second-order valence-corrected chi connectivity index (χ2v) is 8.63. The lowest BCUT2D eigenvalue weighted by atomic mass is 10.0. The monoisotopic (exact) mass is 450 g/mol. The summed E-state index contributed by atoms with van der Waals surface area (Å²) in [5.74, 6) is -0.0739. The third-order valence-electron chi connectivity index (χ3n) is 5.23. The van der Waals surface area contributed by atoms with Gasteiger partial charge in [0.1, 0.15) is 10.8 Å². The van der Waals surface area contributed by atoms with Gasteiger partial charge in [-0.3, -0.25) is 9.69 Å². The van der Waals surface area contributed by atoms with Gasteiger partial charge in [-0.05, 0) is 36.6 Å². The summed E-state index contributed by atoms with van der Waals surface area (Å²) in [4.78, 5) is 28.7. The van der Waals surface area contributed by atoms with Gasteiger partial charge in [0.15, 0.2) is 6.61 Å². The molecule has 2 aromatic carbocycles. The summed E-state index contributed by atoms with van der Waals surface area (Å²) >= 11 is 1.45. The minimum absolute atomic E-state index is 0.130. The maximum Gasteiger partial charge on any atom is 0.341 e. The molecule has 1 aromatic heterocycles. The quantitative estimate of drug-likeness (QED) is 0.512. The van der Waals surface area contributed by atoms with Crippen LogP contribution in [0, 0.1) is 0 Å². The molecule has 0 radical (unpaired) electrons. The van der Waals surface area contributed by atoms with Gasteiger partial charge in [0.05, 0.1) is 12.2 Å². The van der Waals surface area contributed by atoms with Crippen LogP contribution in [0.3, 0.4) is 0 Å². The number of anilines is 1. The lowest BCUT2D eigenvalue weighted by molar-refractivity contribution is -0.118. The van der Waals surface area contributed by atoms with Crippen LogP contribution >= 0.6 is 11.3 Å². The summed E-state index contributed by atoms with van der Waals surface area (Å²) in [6, 6.07) is 19.5. The van der Waals surface area contributed by atoms with Crippen LogP contribution in [0.5, 0.6) is 5.75 Å². The van der Waals surface area contributed by atoms with Crippen LogP contribution < -0.4 is 10.1 Å². The smallest absolute Gasteiger partial charge is 0.341 e. The number of thiophene rings is 1. The normalized spacial score (nSPS) is 13.3. The Bertz CT molecular complexity index is 1070. The molecule has 0 spiro atoms. The van der Waals surface area contributed by atoms with Gasteiger partial charge in [0.25, 0.3) is 5.91 Å². The van der Waals surface area contributed by atoms with E-state index in [-0.39, 0.29) is 25.1 Å². The molecule has 6 nitrogen and oxygen atoms in total. The van der Waals surface area contributed by atoms with Crippen molar-refractivity contribution in [2.75, 3.05) is 25.1 Å². The molecule has 0 bridgehead atoms. The van der Waals surface area contributed by atoms with Gasteiger partial charge in [-0.1, -0.05) is 48.5 Å². The van der Waals surface area contributed by atoms with E-state index in [1.807, 2.05) is 36.4 Å². The average molecular weight is 451 g/mol. The Kier molecular flexibility index (Phi) is 7.19. The Morgan fingerprint density at radius 2 is 1.78 bits per heavy atom. The Labute approximate surface area is 191 Å². The highest BCUT2D eigenvalue weighted by Crippen LogP contribution is 2.38. The van der Waals surface area contributed by atoms with E-state index in [2.05, 4.69) is 22.3 Å². The minimum atomic E-state index is -0.388. The lowest BCUT2D eigenvalue weighted by Gasteiger charge is -2.27. The molecule has 0 atom stereocenters. The molecule has 0 unspecified atom stereocenters. The van der Waals surface area contributed by atoms with E-state index in [1.54, 1.807) is 19.1 Å². The topological polar surface area (TPSA) is 67.9 Å². The molecule has 3 aromatic rings. The number of rotatable bonds is 8. The van der Waals surface area contributed by atoms with Gasteiger partial charge >= 0.3 is 5.97 Å². The third-order valence-corrected chi connectivity index (χ3v) is 6.36. The van der Waals surface area contributed by atoms with Crippen LogP contribution in [0.4, 0.5) is 5.00 Å². The molecule has 1 amide bonds. The van der Waals surface area contributed by atoms with Crippen molar-refractivity contribution in [2.24, 2.45) is 0 Å². The summed E-state index contributed by atoms with van der Waals surface area (Å²) in [5.41, 5.74) is 2.72. The van der Waals surface area contributed by atoms with Crippen LogP contribution in [-0.2, 0) is 29.0 Å². The highest BCUT2D eigenvalue weighted by Gasteiger charge is 2.29. The van der Waals surface area contributed by atoms with Crippen molar-refractivity contribution in [3.8, 4) is 5.75 Å². The molecular formula is C25H26N2O4S. The second-order valence-electron chi connectivity index (χ2n) is 7.52. The average Bonchev–Trinajstić information content (AvgIpc) is 3.16. The van der Waals surface area contributed by atoms with Crippen molar-refractivity contribution >= 4 is 28.2 Å². The van der Waals surface area contributed by atoms with Gasteiger partial charge in [0.2, 0.25) is 0 Å². The van der Waals surface area contributed by atoms with E-state index in [0.29, 0.717) is 16.3 Å². The number of amides is 1. The Morgan fingerprint density at radius 1 is 1.06 bits per heavy atom. The number of ether oxygens (including phenoxy) is 2. The van der Waals surface area contributed by atoms with Crippen LogP contribution in [0.1, 0.15) is 33.3 Å². The zero-order valence-electron chi connectivity index (χ0n) is 18.0. The first-order chi connectivity index (χ1) is 15.6. The Morgan fingerprint density at radius 3 is 2.50 bits per heavy atom. The zero-order valence-corrected chi connectivity index (χ0v) is 18.8. The number of carbonyl (C=O) groups excluding carboxylic acids is 2. The van der Waals surface area contributed by atoms with E-state index in [9.17, 15) is 9.59 Å². The van der Waals surface area contributed by atoms with Crippen LogP contribution in [-0.4, -0.2) is 36.5 Å². The summed E-state index contributed by atoms with van der Waals surface area (Å²) in [5, 5.41) is 3.42. The fraction of sp³-hybridized carbons (Fsp3) is 0.280. The predicted molar refractivity (Wildman–Crippen MR) is 125 cm³/mol. The van der Waals surface area contributed by atoms with Gasteiger partial charge < -0.3 is 14.8 Å². The number of hydrogen-bond donors (Lipinski definition) is 1. The Hall–Kier alpha value is -3.16. The van der Waals surface area contributed by atoms with Crippen molar-refractivity contribution in [1.29, 1.82) is 0 Å². The molecule has 1 aliphatic rings. The number of para-hydroxylation sites is 1. The highest BCUT2D eigenvalue weighted by molar-refractivity contribution is 7.17. The molecule has 7 heteroatoms. The van der Waals surface area contributed by atoms with E-state index in [1.165, 1.54) is 16.9 Å². The molecule has 4 rings (SSSR count). The largest absolute Gasteiger partial charge is 0.484 e. The molecule has 1 N–H and O–H groups in total. The van der Waals surface area contributed by atoms with Crippen molar-refractivity contribution < 1.29 is 19.1 Å². The molecule has 32 heavy (non-hydrogen) atoms. The number of fused-ring (bicyclic) bond motifs is 1. The Balaban J connectivity index is 1.49. The molecule has 0 saturated heterocycles. The maximum atomic E-state index is 12.7. The first kappa shape index (κ1) is 22.0. The van der Waals surface area contributed by atoms with Crippen LogP contribution in [0.2, 0.25) is 0 Å². The van der Waals surface area contributed by atoms with Crippen molar-refractivity contribution in [3.63, 3.8) is 0 Å². The van der Waals surface area contributed by atoms with E-state index in [0.717, 1.165) is 36.5 Å². The van der Waals surface area contributed by atoms with E-state index in [4.69, 9.17) is 9.47 Å². The molecule has 1 aliphatic heterocycles. The van der Waals surface area contributed by atoms with Crippen molar-refractivity contribution in [3.05, 3.63) is 82.2 Å². The van der Waals surface area contributed by atoms with Crippen LogP contribution in [0.15, 0.2) is 60.7 Å². The molecular weight excluding hydrogens is 424 g/mol. The third kappa shape index (κ3) is 5.36. The fourth-order valence-electron chi connectivity index (χ4n) is 3.77. The van der Waals surface area contributed by atoms with Gasteiger partial charge in [0, 0.05) is 24.5 Å². The van der Waals surface area contributed by atoms with Gasteiger partial charge in [-0.15, -0.1) is 11.3 Å². The van der Waals surface area contributed by atoms with Crippen molar-refractivity contribution in [2.45, 2.75) is 26.4 Å². The molecule has 0 fully saturated rings. The van der Waals surface area contributed by atoms with Crippen molar-refractivity contribution in [1.82, 2.24) is 4.90 Å². The molecule has 0 saturated carbocycles. The molecule has 2 heterocycles. The summed E-state index contributed by atoms with van der Waals surface area (Å²) in [6.45, 7) is 4.36. The number of benzene rings is 2. The first-order valence-corrected chi connectivity index (χ1v) is 11.5. The number of nitrogens with zero attached hydrogens (tertiary/aromatic N) is 1. The first-order valence-electron chi connectivity index (χ1n) is 10.7. The highest BCUT2D eigenvalue weighted by atomic mass is 32.1. The van der Waals surface area contributed by atoms with E-state index >= 15 is 0 Å². The lowest BCUT2D eigenvalue weighted by Crippen LogP contribution is -2.30. The molecule has 0 aliphatic carbocycles. The summed E-state index contributed by atoms with van der Waals surface area (Å²) in [7, 11) is 0. The molecule has 166 valence electrons. The number of carbonyl (C=O) groups is 2. The zero-order chi connectivity index (χ0) is 22.3. The number of nitrogens with one attached hydrogen (secondary N) is 1. The predicted octanol–water partition coefficient (Wildman–Crippen LogP) is 4.50. The second kappa shape index (κ2) is 10.4. The van der Waals surface area contributed by atoms with E-state index < -0.39 is 0 Å².